The van der Waals surface area contributed by atoms with Crippen molar-refractivity contribution in [3.05, 3.63) is 11.6 Å². The van der Waals surface area contributed by atoms with Gasteiger partial charge in [-0.25, -0.2) is 0 Å². The average Bonchev–Trinajstić information content (AvgIpc) is 2.91. The number of hydrogen-bond acceptors (Lipinski definition) is 3. The van der Waals surface area contributed by atoms with Crippen molar-refractivity contribution in [1.82, 2.24) is 20.1 Å². The van der Waals surface area contributed by atoms with Crippen LogP contribution < -0.4 is 5.32 Å². The third kappa shape index (κ3) is 2.23. The minimum atomic E-state index is 0.345. The lowest BCUT2D eigenvalue weighted by molar-refractivity contribution is 0.338. The quantitative estimate of drug-likeness (QED) is 0.872. The summed E-state index contributed by atoms with van der Waals surface area (Å²) in [6.45, 7) is 3.33. The van der Waals surface area contributed by atoms with Gasteiger partial charge in [0.15, 0.2) is 0 Å². The molecule has 0 bridgehead atoms. The lowest BCUT2D eigenvalue weighted by Crippen LogP contribution is -2.34. The largest absolute Gasteiger partial charge is 0.314 e. The van der Waals surface area contributed by atoms with Gasteiger partial charge in [-0.05, 0) is 26.2 Å². The van der Waals surface area contributed by atoms with Gasteiger partial charge in [-0.3, -0.25) is 0 Å². The van der Waals surface area contributed by atoms with E-state index in [2.05, 4.69) is 27.0 Å². The Kier molecular flexibility index (Phi) is 3.14. The van der Waals surface area contributed by atoms with Crippen molar-refractivity contribution in [3.8, 4) is 0 Å². The van der Waals surface area contributed by atoms with E-state index >= 15 is 0 Å². The first-order valence-corrected chi connectivity index (χ1v) is 7.02. The molecule has 0 aromatic carbocycles. The zero-order chi connectivity index (χ0) is 11.7. The predicted molar refractivity (Wildman–Crippen MR) is 66.8 cm³/mol. The Morgan fingerprint density at radius 1 is 1.18 bits per heavy atom. The Bertz CT molecular complexity index is 379. The molecule has 0 amide bonds. The number of nitrogens with zero attached hydrogens (tertiary/aromatic N) is 3. The predicted octanol–water partition coefficient (Wildman–Crippen LogP) is 2.21. The summed E-state index contributed by atoms with van der Waals surface area (Å²) in [4.78, 5) is 0. The summed E-state index contributed by atoms with van der Waals surface area (Å²) in [6.07, 6.45) is 9.14. The Morgan fingerprint density at radius 3 is 2.82 bits per heavy atom. The second-order valence-corrected chi connectivity index (χ2v) is 5.45. The number of aromatic nitrogens is 3. The SMILES string of the molecule is CC(NC1CCCCC1)c1nnc2n1CCC2. The van der Waals surface area contributed by atoms with E-state index in [1.807, 2.05) is 0 Å². The molecule has 0 saturated heterocycles. The number of hydrogen-bond donors (Lipinski definition) is 1. The fourth-order valence-corrected chi connectivity index (χ4v) is 3.19. The molecule has 17 heavy (non-hydrogen) atoms. The van der Waals surface area contributed by atoms with Crippen LogP contribution in [0.3, 0.4) is 0 Å². The van der Waals surface area contributed by atoms with Crippen molar-refractivity contribution in [2.75, 3.05) is 0 Å². The number of nitrogens with one attached hydrogen (secondary N) is 1. The van der Waals surface area contributed by atoms with E-state index in [1.165, 1.54) is 44.3 Å². The molecule has 0 radical (unpaired) electrons. The topological polar surface area (TPSA) is 42.7 Å². The van der Waals surface area contributed by atoms with Gasteiger partial charge < -0.3 is 9.88 Å². The number of rotatable bonds is 3. The summed E-state index contributed by atoms with van der Waals surface area (Å²) in [5.41, 5.74) is 0. The highest BCUT2D eigenvalue weighted by Crippen LogP contribution is 2.23. The van der Waals surface area contributed by atoms with Crippen molar-refractivity contribution < 1.29 is 0 Å². The lowest BCUT2D eigenvalue weighted by Gasteiger charge is -2.26. The van der Waals surface area contributed by atoms with Crippen LogP contribution in [0, 0.1) is 0 Å². The monoisotopic (exact) mass is 234 g/mol. The van der Waals surface area contributed by atoms with Crippen molar-refractivity contribution in [2.24, 2.45) is 0 Å². The van der Waals surface area contributed by atoms with E-state index in [9.17, 15) is 0 Å². The molecule has 94 valence electrons. The molecular formula is C13H22N4. The molecule has 1 atom stereocenters. The minimum absolute atomic E-state index is 0.345. The molecule has 2 aliphatic rings. The first kappa shape index (κ1) is 11.2. The molecule has 1 N–H and O–H groups in total. The van der Waals surface area contributed by atoms with Gasteiger partial charge in [-0.15, -0.1) is 10.2 Å². The van der Waals surface area contributed by atoms with Crippen LogP contribution in [-0.2, 0) is 13.0 Å². The third-order valence-electron chi connectivity index (χ3n) is 4.12. The Labute approximate surface area is 103 Å². The molecule has 1 saturated carbocycles. The van der Waals surface area contributed by atoms with E-state index < -0.39 is 0 Å². The molecule has 4 heteroatoms. The van der Waals surface area contributed by atoms with E-state index in [1.54, 1.807) is 0 Å². The van der Waals surface area contributed by atoms with Crippen LogP contribution in [0.2, 0.25) is 0 Å². The lowest BCUT2D eigenvalue weighted by atomic mass is 9.95. The molecule has 1 unspecified atom stereocenters. The minimum Gasteiger partial charge on any atom is -0.314 e. The first-order valence-electron chi connectivity index (χ1n) is 7.02. The van der Waals surface area contributed by atoms with Crippen LogP contribution in [0.25, 0.3) is 0 Å². The zero-order valence-corrected chi connectivity index (χ0v) is 10.7. The molecule has 4 nitrogen and oxygen atoms in total. The van der Waals surface area contributed by atoms with Crippen molar-refractivity contribution in [2.45, 2.75) is 70.5 Å². The van der Waals surface area contributed by atoms with E-state index in [0.29, 0.717) is 12.1 Å². The van der Waals surface area contributed by atoms with Crippen molar-refractivity contribution >= 4 is 0 Å². The zero-order valence-electron chi connectivity index (χ0n) is 10.7. The smallest absolute Gasteiger partial charge is 0.149 e. The highest BCUT2D eigenvalue weighted by Gasteiger charge is 2.23. The molecule has 1 aliphatic heterocycles. The molecule has 3 rings (SSSR count). The van der Waals surface area contributed by atoms with Gasteiger partial charge in [0.1, 0.15) is 11.6 Å². The fraction of sp³-hybridized carbons (Fsp3) is 0.846. The van der Waals surface area contributed by atoms with Gasteiger partial charge in [0.25, 0.3) is 0 Å². The van der Waals surface area contributed by atoms with Gasteiger partial charge in [0.05, 0.1) is 6.04 Å². The van der Waals surface area contributed by atoms with Crippen LogP contribution in [0.4, 0.5) is 0 Å². The van der Waals surface area contributed by atoms with Crippen LogP contribution in [0.1, 0.15) is 63.1 Å². The Balaban J connectivity index is 1.66. The summed E-state index contributed by atoms with van der Waals surface area (Å²) in [5, 5.41) is 12.4. The molecule has 1 aliphatic carbocycles. The first-order chi connectivity index (χ1) is 8.34. The number of aryl methyl sites for hydroxylation is 1. The third-order valence-corrected chi connectivity index (χ3v) is 4.12. The van der Waals surface area contributed by atoms with Crippen molar-refractivity contribution in [3.63, 3.8) is 0 Å². The molecule has 2 heterocycles. The fourth-order valence-electron chi connectivity index (χ4n) is 3.19. The summed E-state index contributed by atoms with van der Waals surface area (Å²) in [6, 6.07) is 1.03. The maximum Gasteiger partial charge on any atom is 0.149 e. The molecule has 1 aromatic heterocycles. The Morgan fingerprint density at radius 2 is 2.00 bits per heavy atom. The average molecular weight is 234 g/mol. The standard InChI is InChI=1S/C13H22N4/c1-10(14-11-6-3-2-4-7-11)13-16-15-12-8-5-9-17(12)13/h10-11,14H,2-9H2,1H3. The molecule has 1 fully saturated rings. The second kappa shape index (κ2) is 4.77. The highest BCUT2D eigenvalue weighted by atomic mass is 15.3. The van der Waals surface area contributed by atoms with Gasteiger partial charge in [-0.2, -0.15) is 0 Å². The molecule has 0 spiro atoms. The highest BCUT2D eigenvalue weighted by molar-refractivity contribution is 5.04. The normalized spacial score (nSPS) is 22.6. The maximum absolute atomic E-state index is 4.35. The summed E-state index contributed by atoms with van der Waals surface area (Å²) < 4.78 is 2.31. The van der Waals surface area contributed by atoms with Crippen molar-refractivity contribution in [1.29, 1.82) is 0 Å². The van der Waals surface area contributed by atoms with Crippen LogP contribution in [0.15, 0.2) is 0 Å². The second-order valence-electron chi connectivity index (χ2n) is 5.45. The molecular weight excluding hydrogens is 212 g/mol. The summed E-state index contributed by atoms with van der Waals surface area (Å²) >= 11 is 0. The Hall–Kier alpha value is -0.900. The van der Waals surface area contributed by atoms with Crippen LogP contribution in [-0.4, -0.2) is 20.8 Å². The van der Waals surface area contributed by atoms with Gasteiger partial charge in [-0.1, -0.05) is 19.3 Å². The van der Waals surface area contributed by atoms with Gasteiger partial charge >= 0.3 is 0 Å². The number of fused-ring (bicyclic) bond motifs is 1. The van der Waals surface area contributed by atoms with E-state index in [4.69, 9.17) is 0 Å². The van der Waals surface area contributed by atoms with Crippen LogP contribution >= 0.6 is 0 Å². The maximum atomic E-state index is 4.35. The van der Waals surface area contributed by atoms with Gasteiger partial charge in [0.2, 0.25) is 0 Å². The molecule has 1 aromatic rings. The van der Waals surface area contributed by atoms with E-state index in [0.717, 1.165) is 18.8 Å². The van der Waals surface area contributed by atoms with E-state index in [-0.39, 0.29) is 0 Å². The summed E-state index contributed by atoms with van der Waals surface area (Å²) in [5.74, 6) is 2.32. The van der Waals surface area contributed by atoms with Gasteiger partial charge in [0, 0.05) is 19.0 Å². The summed E-state index contributed by atoms with van der Waals surface area (Å²) in [7, 11) is 0. The van der Waals surface area contributed by atoms with Crippen LogP contribution in [0.5, 0.6) is 0 Å².